The molecule has 1 aromatic heterocycles. The summed E-state index contributed by atoms with van der Waals surface area (Å²) in [5, 5.41) is 1.94. The van der Waals surface area contributed by atoms with Gasteiger partial charge in [0.05, 0.1) is 6.54 Å². The predicted octanol–water partition coefficient (Wildman–Crippen LogP) is 2.41. The molecule has 0 saturated heterocycles. The van der Waals surface area contributed by atoms with Crippen molar-refractivity contribution in [2.45, 2.75) is 62.8 Å². The summed E-state index contributed by atoms with van der Waals surface area (Å²) in [5.74, 6) is 1.21. The van der Waals surface area contributed by atoms with Gasteiger partial charge in [-0.15, -0.1) is 0 Å². The minimum absolute atomic E-state index is 0. The smallest absolute Gasteiger partial charge is 0.244 e. The standard InChI is InChI=1S/C21H30BrN2S.BrH/c22-12-7-13-23-14-15-24(18-23)20(16-19-8-3-1-4-9-19)17-25-21-10-5-2-6-11-21;/h1,3-4,8-9,14-15,18,20-21H,2,5-7,10-13,16-17H2;1H/q+1;/p-1. The summed E-state index contributed by atoms with van der Waals surface area (Å²) in [7, 11) is 0. The summed E-state index contributed by atoms with van der Waals surface area (Å²) >= 11 is 5.74. The molecule has 1 aromatic carbocycles. The predicted molar refractivity (Wildman–Crippen MR) is 112 cm³/mol. The van der Waals surface area contributed by atoms with Gasteiger partial charge < -0.3 is 17.0 Å². The molecule has 144 valence electrons. The van der Waals surface area contributed by atoms with Crippen molar-refractivity contribution in [1.29, 1.82) is 0 Å². The van der Waals surface area contributed by atoms with E-state index in [-0.39, 0.29) is 17.0 Å². The summed E-state index contributed by atoms with van der Waals surface area (Å²) in [6.07, 6.45) is 16.2. The number of benzene rings is 1. The molecule has 1 fully saturated rings. The van der Waals surface area contributed by atoms with E-state index in [9.17, 15) is 0 Å². The average molecular weight is 502 g/mol. The molecule has 3 rings (SSSR count). The zero-order valence-electron chi connectivity index (χ0n) is 15.4. The van der Waals surface area contributed by atoms with Gasteiger partial charge in [0.25, 0.3) is 0 Å². The minimum Gasteiger partial charge on any atom is -1.00 e. The van der Waals surface area contributed by atoms with Gasteiger partial charge in [-0.2, -0.15) is 11.8 Å². The van der Waals surface area contributed by atoms with Crippen molar-refractivity contribution < 1.29 is 21.5 Å². The SMILES string of the molecule is BrCCCn1cc[n+](C(CSC2CCCCC2)Cc2ccccc2)c1.[Br-]. The topological polar surface area (TPSA) is 8.81 Å². The highest BCUT2D eigenvalue weighted by Gasteiger charge is 2.21. The lowest BCUT2D eigenvalue weighted by Crippen LogP contribution is -3.00. The van der Waals surface area contributed by atoms with E-state index in [1.54, 1.807) is 0 Å². The Morgan fingerprint density at radius 1 is 1.15 bits per heavy atom. The molecule has 0 N–H and O–H groups in total. The van der Waals surface area contributed by atoms with Crippen molar-refractivity contribution in [3.8, 4) is 0 Å². The summed E-state index contributed by atoms with van der Waals surface area (Å²) in [6, 6.07) is 11.5. The van der Waals surface area contributed by atoms with Crippen LogP contribution in [-0.2, 0) is 13.0 Å². The van der Waals surface area contributed by atoms with Gasteiger partial charge in [-0.1, -0.05) is 65.5 Å². The van der Waals surface area contributed by atoms with Crippen molar-refractivity contribution in [3.05, 3.63) is 54.6 Å². The molecule has 1 aliphatic carbocycles. The van der Waals surface area contributed by atoms with Gasteiger partial charge in [0.1, 0.15) is 18.4 Å². The number of thioether (sulfide) groups is 1. The zero-order chi connectivity index (χ0) is 17.3. The van der Waals surface area contributed by atoms with Crippen LogP contribution in [0.4, 0.5) is 0 Å². The monoisotopic (exact) mass is 500 g/mol. The number of hydrogen-bond donors (Lipinski definition) is 0. The summed E-state index contributed by atoms with van der Waals surface area (Å²) in [5.41, 5.74) is 1.44. The molecule has 1 aliphatic rings. The van der Waals surface area contributed by atoms with E-state index < -0.39 is 0 Å². The molecule has 2 nitrogen and oxygen atoms in total. The van der Waals surface area contributed by atoms with Crippen LogP contribution in [0.3, 0.4) is 0 Å². The molecule has 0 aliphatic heterocycles. The van der Waals surface area contributed by atoms with Gasteiger partial charge >= 0.3 is 0 Å². The van der Waals surface area contributed by atoms with Gasteiger partial charge in [0.2, 0.25) is 6.33 Å². The Balaban J connectivity index is 0.00000243. The van der Waals surface area contributed by atoms with Gasteiger partial charge in [-0.25, -0.2) is 9.13 Å². The fourth-order valence-corrected chi connectivity index (χ4v) is 5.32. The maximum Gasteiger partial charge on any atom is 0.244 e. The van der Waals surface area contributed by atoms with E-state index in [2.05, 4.69) is 85.9 Å². The quantitative estimate of drug-likeness (QED) is 0.378. The highest BCUT2D eigenvalue weighted by molar-refractivity contribution is 9.09. The fraction of sp³-hybridized carbons (Fsp3) is 0.571. The van der Waals surface area contributed by atoms with E-state index in [1.165, 1.54) is 49.8 Å². The first-order chi connectivity index (χ1) is 12.3. The molecular formula is C21H30Br2N2S. The molecule has 0 radical (unpaired) electrons. The fourth-order valence-electron chi connectivity index (χ4n) is 3.62. The molecule has 2 aromatic rings. The van der Waals surface area contributed by atoms with Crippen LogP contribution in [0, 0.1) is 0 Å². The molecule has 1 unspecified atom stereocenters. The molecule has 0 amide bonds. The highest BCUT2D eigenvalue weighted by Crippen LogP contribution is 2.30. The van der Waals surface area contributed by atoms with Crippen molar-refractivity contribution in [2.24, 2.45) is 0 Å². The van der Waals surface area contributed by atoms with E-state index in [1.807, 2.05) is 0 Å². The maximum atomic E-state index is 3.53. The Hall–Kier alpha value is -0.260. The van der Waals surface area contributed by atoms with Crippen LogP contribution < -0.4 is 21.5 Å². The number of hydrogen-bond acceptors (Lipinski definition) is 1. The number of rotatable bonds is 9. The maximum absolute atomic E-state index is 3.53. The Labute approximate surface area is 181 Å². The van der Waals surface area contributed by atoms with E-state index in [0.29, 0.717) is 6.04 Å². The second-order valence-corrected chi connectivity index (χ2v) is 9.20. The molecule has 1 atom stereocenters. The number of alkyl halides is 1. The largest absolute Gasteiger partial charge is 1.00 e. The Morgan fingerprint density at radius 2 is 1.92 bits per heavy atom. The molecule has 0 bridgehead atoms. The van der Waals surface area contributed by atoms with Crippen LogP contribution in [0.15, 0.2) is 49.1 Å². The molecule has 0 spiro atoms. The van der Waals surface area contributed by atoms with Crippen LogP contribution in [0.25, 0.3) is 0 Å². The van der Waals surface area contributed by atoms with E-state index in [4.69, 9.17) is 0 Å². The van der Waals surface area contributed by atoms with Crippen molar-refractivity contribution in [1.82, 2.24) is 4.57 Å². The van der Waals surface area contributed by atoms with Gasteiger partial charge in [0.15, 0.2) is 0 Å². The van der Waals surface area contributed by atoms with Crippen LogP contribution >= 0.6 is 27.7 Å². The second-order valence-electron chi connectivity index (χ2n) is 7.08. The second kappa shape index (κ2) is 12.2. The molecular weight excluding hydrogens is 472 g/mol. The first-order valence-electron chi connectivity index (χ1n) is 9.63. The van der Waals surface area contributed by atoms with Crippen LogP contribution in [0.5, 0.6) is 0 Å². The number of imidazole rings is 1. The zero-order valence-corrected chi connectivity index (χ0v) is 19.4. The average Bonchev–Trinajstić information content (AvgIpc) is 3.14. The van der Waals surface area contributed by atoms with Gasteiger partial charge in [-0.05, 0) is 24.8 Å². The third kappa shape index (κ3) is 7.05. The molecule has 26 heavy (non-hydrogen) atoms. The first kappa shape index (κ1) is 22.0. The summed E-state index contributed by atoms with van der Waals surface area (Å²) in [4.78, 5) is 0. The van der Waals surface area contributed by atoms with Crippen LogP contribution in [0.2, 0.25) is 0 Å². The lowest BCUT2D eigenvalue weighted by atomic mass is 10.0. The van der Waals surface area contributed by atoms with Crippen molar-refractivity contribution in [3.63, 3.8) is 0 Å². The summed E-state index contributed by atoms with van der Waals surface area (Å²) in [6.45, 7) is 1.09. The van der Waals surface area contributed by atoms with Crippen LogP contribution in [0.1, 0.15) is 50.1 Å². The van der Waals surface area contributed by atoms with E-state index >= 15 is 0 Å². The molecule has 1 heterocycles. The molecule has 5 heteroatoms. The normalized spacial score (nSPS) is 16.2. The summed E-state index contributed by atoms with van der Waals surface area (Å²) < 4.78 is 4.77. The van der Waals surface area contributed by atoms with E-state index in [0.717, 1.165) is 23.5 Å². The Bertz CT molecular complexity index is 611. The number of halogens is 2. The Kier molecular flexibility index (Phi) is 10.4. The number of aryl methyl sites for hydroxylation is 1. The third-order valence-corrected chi connectivity index (χ3v) is 7.15. The molecule has 1 saturated carbocycles. The van der Waals surface area contributed by atoms with Crippen LogP contribution in [-0.4, -0.2) is 20.9 Å². The number of aromatic nitrogens is 2. The minimum atomic E-state index is 0. The van der Waals surface area contributed by atoms with Crippen molar-refractivity contribution in [2.75, 3.05) is 11.1 Å². The number of nitrogens with zero attached hydrogens (tertiary/aromatic N) is 2. The Morgan fingerprint density at radius 3 is 2.65 bits per heavy atom. The van der Waals surface area contributed by atoms with Gasteiger partial charge in [-0.3, -0.25) is 0 Å². The van der Waals surface area contributed by atoms with Crippen molar-refractivity contribution >= 4 is 27.7 Å². The lowest BCUT2D eigenvalue weighted by molar-refractivity contribution is -0.717. The first-order valence-corrected chi connectivity index (χ1v) is 11.8. The highest BCUT2D eigenvalue weighted by atomic mass is 79.9. The third-order valence-electron chi connectivity index (χ3n) is 5.07. The lowest BCUT2D eigenvalue weighted by Gasteiger charge is -2.23. The van der Waals surface area contributed by atoms with Gasteiger partial charge in [0, 0.05) is 22.8 Å².